The predicted molar refractivity (Wildman–Crippen MR) is 171 cm³/mol. The average Bonchev–Trinajstić information content (AvgIpc) is 3.51. The van der Waals surface area contributed by atoms with E-state index in [4.69, 9.17) is 14.7 Å². The molecular weight excluding hydrogens is 618 g/mol. The molecule has 0 spiro atoms. The quantitative estimate of drug-likeness (QED) is 0.227. The summed E-state index contributed by atoms with van der Waals surface area (Å²) < 4.78 is 6.38. The van der Waals surface area contributed by atoms with E-state index in [1.165, 1.54) is 41.3 Å². The molecule has 3 aliphatic rings. The SMILES string of the molecule is COC(=O)[C@]1(C)CCC[C@]2(C)c3ccc(C(C)C)cc3-c3nc(/N=C4\NC(=O)/C(=C/c5ccc(Br)cc5)S4)sc3C12. The molecule has 1 saturated carbocycles. The van der Waals surface area contributed by atoms with Crippen LogP contribution >= 0.6 is 39.0 Å². The summed E-state index contributed by atoms with van der Waals surface area (Å²) in [7, 11) is 1.48. The number of fused-ring (bicyclic) bond motifs is 6. The topological polar surface area (TPSA) is 80.7 Å². The van der Waals surface area contributed by atoms with E-state index in [9.17, 15) is 9.59 Å². The maximum Gasteiger partial charge on any atom is 0.312 e. The van der Waals surface area contributed by atoms with Crippen molar-refractivity contribution in [1.29, 1.82) is 0 Å². The second-order valence-electron chi connectivity index (χ2n) is 11.8. The summed E-state index contributed by atoms with van der Waals surface area (Å²) in [5, 5.41) is 3.98. The summed E-state index contributed by atoms with van der Waals surface area (Å²) in [4.78, 5) is 37.7. The molecule has 1 aliphatic heterocycles. The number of thioether (sulfide) groups is 1. The van der Waals surface area contributed by atoms with Gasteiger partial charge in [-0.3, -0.25) is 9.59 Å². The van der Waals surface area contributed by atoms with Gasteiger partial charge in [0.05, 0.1) is 23.1 Å². The first kappa shape index (κ1) is 28.4. The molecule has 1 unspecified atom stereocenters. The molecule has 3 aromatic rings. The highest BCUT2D eigenvalue weighted by Crippen LogP contribution is 2.65. The molecule has 3 atom stereocenters. The zero-order chi connectivity index (χ0) is 29.1. The van der Waals surface area contributed by atoms with E-state index in [-0.39, 0.29) is 23.2 Å². The number of ether oxygens (including phenoxy) is 1. The number of carbonyl (C=O) groups is 2. The first-order chi connectivity index (χ1) is 19.5. The Kier molecular flexibility index (Phi) is 7.27. The van der Waals surface area contributed by atoms with E-state index in [1.54, 1.807) is 0 Å². The van der Waals surface area contributed by atoms with Crippen molar-refractivity contribution in [3.8, 4) is 11.3 Å². The van der Waals surface area contributed by atoms with Crippen molar-refractivity contribution in [3.05, 3.63) is 73.4 Å². The van der Waals surface area contributed by atoms with Crippen LogP contribution in [0.15, 0.2) is 56.8 Å². The first-order valence-corrected chi connectivity index (χ1v) is 16.2. The number of carbonyl (C=O) groups excluding carboxylic acids is 2. The lowest BCUT2D eigenvalue weighted by Gasteiger charge is -2.53. The summed E-state index contributed by atoms with van der Waals surface area (Å²) in [5.74, 6) is -0.0682. The Morgan fingerprint density at radius 1 is 1.20 bits per heavy atom. The maximum absolute atomic E-state index is 13.4. The second-order valence-corrected chi connectivity index (χ2v) is 14.8. The van der Waals surface area contributed by atoms with Crippen LogP contribution in [0.3, 0.4) is 0 Å². The molecule has 0 bridgehead atoms. The Hall–Kier alpha value is -2.75. The fourth-order valence-electron chi connectivity index (χ4n) is 6.79. The number of aromatic nitrogens is 1. The van der Waals surface area contributed by atoms with Crippen LogP contribution in [-0.4, -0.2) is 29.1 Å². The maximum atomic E-state index is 13.4. The third-order valence-electron chi connectivity index (χ3n) is 8.82. The zero-order valence-corrected chi connectivity index (χ0v) is 26.9. The first-order valence-electron chi connectivity index (χ1n) is 13.8. The van der Waals surface area contributed by atoms with Gasteiger partial charge in [0.15, 0.2) is 5.17 Å². The molecule has 6 nitrogen and oxygen atoms in total. The number of thiazole rings is 1. The highest BCUT2D eigenvalue weighted by Gasteiger charge is 2.58. The fourth-order valence-corrected chi connectivity index (χ4v) is 9.29. The van der Waals surface area contributed by atoms with Gasteiger partial charge in [0, 0.05) is 26.2 Å². The monoisotopic (exact) mass is 649 g/mol. The van der Waals surface area contributed by atoms with Gasteiger partial charge in [-0.25, -0.2) is 4.98 Å². The zero-order valence-electron chi connectivity index (χ0n) is 23.7. The van der Waals surface area contributed by atoms with E-state index < -0.39 is 5.41 Å². The van der Waals surface area contributed by atoms with Crippen LogP contribution in [0.25, 0.3) is 17.3 Å². The van der Waals surface area contributed by atoms with Crippen molar-refractivity contribution in [2.24, 2.45) is 10.4 Å². The van der Waals surface area contributed by atoms with Crippen molar-refractivity contribution >= 4 is 67.3 Å². The Labute approximate surface area is 257 Å². The lowest BCUT2D eigenvalue weighted by molar-refractivity contribution is -0.157. The van der Waals surface area contributed by atoms with Gasteiger partial charge in [-0.1, -0.05) is 78.7 Å². The number of nitrogens with one attached hydrogen (secondary N) is 1. The van der Waals surface area contributed by atoms with Gasteiger partial charge in [-0.05, 0) is 78.4 Å². The van der Waals surface area contributed by atoms with Crippen molar-refractivity contribution in [2.75, 3.05) is 7.11 Å². The normalized spacial score (nSPS) is 27.0. The van der Waals surface area contributed by atoms with Crippen molar-refractivity contribution in [3.63, 3.8) is 0 Å². The van der Waals surface area contributed by atoms with E-state index in [2.05, 4.69) is 67.1 Å². The van der Waals surface area contributed by atoms with E-state index in [1.807, 2.05) is 30.3 Å². The highest BCUT2D eigenvalue weighted by molar-refractivity contribution is 9.10. The number of hydrogen-bond donors (Lipinski definition) is 1. The number of halogens is 1. The van der Waals surface area contributed by atoms with E-state index >= 15 is 0 Å². The predicted octanol–water partition coefficient (Wildman–Crippen LogP) is 8.31. The molecular formula is C32H32BrN3O3S2. The molecule has 2 aliphatic carbocycles. The highest BCUT2D eigenvalue weighted by atomic mass is 79.9. The summed E-state index contributed by atoms with van der Waals surface area (Å²) >= 11 is 6.29. The van der Waals surface area contributed by atoms with Crippen molar-refractivity contribution in [1.82, 2.24) is 10.3 Å². The smallest absolute Gasteiger partial charge is 0.312 e. The molecule has 212 valence electrons. The van der Waals surface area contributed by atoms with Crippen LogP contribution in [0.4, 0.5) is 5.13 Å². The molecule has 1 aromatic heterocycles. The average molecular weight is 651 g/mol. The van der Waals surface area contributed by atoms with E-state index in [0.29, 0.717) is 21.1 Å². The second kappa shape index (κ2) is 10.5. The van der Waals surface area contributed by atoms with Crippen LogP contribution in [-0.2, 0) is 19.7 Å². The Bertz CT molecular complexity index is 1630. The van der Waals surface area contributed by atoms with Gasteiger partial charge in [-0.15, -0.1) is 0 Å². The van der Waals surface area contributed by atoms with Crippen LogP contribution in [0, 0.1) is 5.41 Å². The van der Waals surface area contributed by atoms with Gasteiger partial charge < -0.3 is 10.1 Å². The third-order valence-corrected chi connectivity index (χ3v) is 11.3. The number of benzene rings is 2. The number of esters is 1. The lowest BCUT2D eigenvalue weighted by Crippen LogP contribution is -2.50. The molecule has 41 heavy (non-hydrogen) atoms. The summed E-state index contributed by atoms with van der Waals surface area (Å²) in [6.45, 7) is 8.74. The van der Waals surface area contributed by atoms with Gasteiger partial charge in [-0.2, -0.15) is 4.99 Å². The van der Waals surface area contributed by atoms with Gasteiger partial charge in [0.1, 0.15) is 0 Å². The fraction of sp³-hybridized carbons (Fsp3) is 0.375. The molecule has 1 saturated heterocycles. The molecule has 0 radical (unpaired) electrons. The van der Waals surface area contributed by atoms with Gasteiger partial charge >= 0.3 is 5.97 Å². The number of amides is 1. The number of hydrogen-bond acceptors (Lipinski definition) is 7. The van der Waals surface area contributed by atoms with Gasteiger partial charge in [0.2, 0.25) is 5.13 Å². The van der Waals surface area contributed by atoms with Crippen LogP contribution in [0.2, 0.25) is 0 Å². The lowest BCUT2D eigenvalue weighted by atomic mass is 9.50. The summed E-state index contributed by atoms with van der Waals surface area (Å²) in [6, 6.07) is 14.5. The number of amidine groups is 1. The molecule has 2 fully saturated rings. The number of aliphatic imine (C=N–C) groups is 1. The Morgan fingerprint density at radius 2 is 1.95 bits per heavy atom. The van der Waals surface area contributed by atoms with Crippen LogP contribution in [0.5, 0.6) is 0 Å². The Morgan fingerprint density at radius 3 is 2.66 bits per heavy atom. The van der Waals surface area contributed by atoms with Crippen molar-refractivity contribution < 1.29 is 14.3 Å². The van der Waals surface area contributed by atoms with Crippen molar-refractivity contribution in [2.45, 2.75) is 64.2 Å². The molecule has 9 heteroatoms. The number of methoxy groups -OCH3 is 1. The van der Waals surface area contributed by atoms with Gasteiger partial charge in [0.25, 0.3) is 5.91 Å². The minimum Gasteiger partial charge on any atom is -0.469 e. The van der Waals surface area contributed by atoms with Crippen LogP contribution in [0.1, 0.15) is 80.4 Å². The standard InChI is InChI=1S/C32H32BrN3O3S2/c1-17(2)19-9-12-22-21(16-19)24-25(26-31(22,3)13-6-14-32(26,4)28(38)39-5)41-29(34-24)36-30-35-27(37)23(40-30)15-18-7-10-20(33)11-8-18/h7-12,15-17,26H,6,13-14H2,1-5H3,(H,34,35,36,37)/b23-15-/t26?,31-,32-/m1/s1. The minimum absolute atomic E-state index is 0.0891. The molecule has 1 amide bonds. The molecule has 2 heterocycles. The molecule has 1 N–H and O–H groups in total. The minimum atomic E-state index is -0.682. The van der Waals surface area contributed by atoms with E-state index in [0.717, 1.165) is 45.4 Å². The third kappa shape index (κ3) is 4.79. The number of rotatable bonds is 4. The summed E-state index contributed by atoms with van der Waals surface area (Å²) in [5.41, 5.74) is 4.53. The molecule has 6 rings (SSSR count). The molecule has 2 aromatic carbocycles. The summed E-state index contributed by atoms with van der Waals surface area (Å²) in [6.07, 6.45) is 4.55. The largest absolute Gasteiger partial charge is 0.469 e. The van der Waals surface area contributed by atoms with Crippen LogP contribution < -0.4 is 5.32 Å². The number of nitrogens with zero attached hydrogens (tertiary/aromatic N) is 2. The Balaban J connectivity index is 1.45.